The first kappa shape index (κ1) is 23.3. The van der Waals surface area contributed by atoms with Gasteiger partial charge in [0.2, 0.25) is 0 Å². The van der Waals surface area contributed by atoms with E-state index in [0.29, 0.717) is 31.9 Å². The molecule has 0 unspecified atom stereocenters. The first-order chi connectivity index (χ1) is 15.7. The van der Waals surface area contributed by atoms with Crippen LogP contribution in [0.2, 0.25) is 10.0 Å². The quantitative estimate of drug-likeness (QED) is 0.237. The van der Waals surface area contributed by atoms with E-state index in [2.05, 4.69) is 15.2 Å². The summed E-state index contributed by atoms with van der Waals surface area (Å²) in [5.41, 5.74) is 4.01. The van der Waals surface area contributed by atoms with Crippen molar-refractivity contribution >= 4 is 72.0 Å². The molecule has 4 aromatic rings. The zero-order chi connectivity index (χ0) is 23.6. The molecule has 0 saturated carbocycles. The van der Waals surface area contributed by atoms with Gasteiger partial charge in [0.05, 0.1) is 15.6 Å². The Balaban J connectivity index is 1.52. The van der Waals surface area contributed by atoms with Crippen LogP contribution in [0.25, 0.3) is 10.1 Å². The molecular formula is C23H17Cl2N3O3S2. The minimum Gasteiger partial charge on any atom is -0.280 e. The number of nitrogens with one attached hydrogen (secondary N) is 2. The highest BCUT2D eigenvalue weighted by Gasteiger charge is 2.17. The third-order valence-corrected chi connectivity index (χ3v) is 8.00. The van der Waals surface area contributed by atoms with Gasteiger partial charge in [0.1, 0.15) is 4.88 Å². The highest BCUT2D eigenvalue weighted by Crippen LogP contribution is 2.36. The standard InChI is InChI=1S/C23H17Cl2N3O3S2/c1-14(26-27-23(29)22-21(25)19-11-10-16(24)13-20(19)32-22)15-6-5-7-17(12-15)28-33(30,31)18-8-3-2-4-9-18/h2-13,28H,1H3,(H,27,29)/b26-14-. The summed E-state index contributed by atoms with van der Waals surface area (Å²) in [6, 6.07) is 20.1. The van der Waals surface area contributed by atoms with Crippen LogP contribution in [0.3, 0.4) is 0 Å². The van der Waals surface area contributed by atoms with Crippen LogP contribution in [-0.4, -0.2) is 20.0 Å². The molecule has 6 nitrogen and oxygen atoms in total. The molecule has 1 amide bonds. The van der Waals surface area contributed by atoms with Crippen LogP contribution < -0.4 is 10.1 Å². The molecule has 1 aromatic heterocycles. The van der Waals surface area contributed by atoms with Crippen LogP contribution in [0.5, 0.6) is 0 Å². The van der Waals surface area contributed by atoms with E-state index in [1.165, 1.54) is 23.5 Å². The summed E-state index contributed by atoms with van der Waals surface area (Å²) >= 11 is 13.6. The monoisotopic (exact) mass is 517 g/mol. The van der Waals surface area contributed by atoms with Gasteiger partial charge in [-0.1, -0.05) is 59.6 Å². The summed E-state index contributed by atoms with van der Waals surface area (Å²) in [7, 11) is -3.72. The van der Waals surface area contributed by atoms with E-state index in [1.807, 2.05) is 0 Å². The topological polar surface area (TPSA) is 87.6 Å². The second-order valence-corrected chi connectivity index (χ2v) is 10.6. The van der Waals surface area contributed by atoms with E-state index in [0.717, 1.165) is 10.1 Å². The Bertz CT molecular complexity index is 1480. The molecule has 168 valence electrons. The highest BCUT2D eigenvalue weighted by atomic mass is 35.5. The Labute approximate surface area is 204 Å². The largest absolute Gasteiger partial charge is 0.283 e. The summed E-state index contributed by atoms with van der Waals surface area (Å²) in [5.74, 6) is -0.447. The van der Waals surface area contributed by atoms with Crippen molar-refractivity contribution in [1.29, 1.82) is 0 Å². The lowest BCUT2D eigenvalue weighted by molar-refractivity contribution is 0.0959. The van der Waals surface area contributed by atoms with Gasteiger partial charge in [0, 0.05) is 20.8 Å². The molecule has 33 heavy (non-hydrogen) atoms. The summed E-state index contributed by atoms with van der Waals surface area (Å²) in [4.78, 5) is 13.1. The van der Waals surface area contributed by atoms with Gasteiger partial charge >= 0.3 is 0 Å². The Morgan fingerprint density at radius 1 is 0.970 bits per heavy atom. The molecule has 10 heteroatoms. The third-order valence-electron chi connectivity index (χ3n) is 4.71. The third kappa shape index (κ3) is 5.20. The fraction of sp³-hybridized carbons (Fsp3) is 0.0435. The summed E-state index contributed by atoms with van der Waals surface area (Å²) in [6.07, 6.45) is 0. The average molecular weight is 518 g/mol. The van der Waals surface area contributed by atoms with Crippen molar-refractivity contribution in [3.63, 3.8) is 0 Å². The average Bonchev–Trinajstić information content (AvgIpc) is 3.13. The summed E-state index contributed by atoms with van der Waals surface area (Å²) in [5, 5.41) is 5.80. The molecule has 4 rings (SSSR count). The van der Waals surface area contributed by atoms with Gasteiger partial charge in [-0.15, -0.1) is 11.3 Å². The van der Waals surface area contributed by atoms with Crippen molar-refractivity contribution in [2.24, 2.45) is 5.10 Å². The van der Waals surface area contributed by atoms with Crippen molar-refractivity contribution in [1.82, 2.24) is 5.43 Å². The van der Waals surface area contributed by atoms with Gasteiger partial charge in [-0.05, 0) is 48.9 Å². The summed E-state index contributed by atoms with van der Waals surface area (Å²) in [6.45, 7) is 1.71. The Morgan fingerprint density at radius 3 is 2.48 bits per heavy atom. The summed E-state index contributed by atoms with van der Waals surface area (Å²) < 4.78 is 28.5. The van der Waals surface area contributed by atoms with Crippen LogP contribution in [0.4, 0.5) is 5.69 Å². The first-order valence-corrected chi connectivity index (χ1v) is 12.7. The van der Waals surface area contributed by atoms with Gasteiger partial charge in [0.15, 0.2) is 0 Å². The molecule has 0 aliphatic heterocycles. The van der Waals surface area contributed by atoms with Crippen molar-refractivity contribution in [3.8, 4) is 0 Å². The maximum Gasteiger partial charge on any atom is 0.283 e. The molecule has 0 fully saturated rings. The number of benzene rings is 3. The van der Waals surface area contributed by atoms with Crippen LogP contribution in [-0.2, 0) is 10.0 Å². The number of anilines is 1. The zero-order valence-corrected chi connectivity index (χ0v) is 20.3. The number of hydrogen-bond donors (Lipinski definition) is 2. The SMILES string of the molecule is C/C(=N/NC(=O)c1sc2cc(Cl)ccc2c1Cl)c1cccc(NS(=O)(=O)c2ccccc2)c1. The molecule has 0 bridgehead atoms. The number of nitrogens with zero attached hydrogens (tertiary/aromatic N) is 1. The Morgan fingerprint density at radius 2 is 1.73 bits per heavy atom. The van der Waals surface area contributed by atoms with E-state index >= 15 is 0 Å². The van der Waals surface area contributed by atoms with Crippen molar-refractivity contribution in [2.75, 3.05) is 4.72 Å². The minimum atomic E-state index is -3.72. The number of thiophene rings is 1. The highest BCUT2D eigenvalue weighted by molar-refractivity contribution is 7.92. The van der Waals surface area contributed by atoms with Gasteiger partial charge in [0.25, 0.3) is 15.9 Å². The normalized spacial score (nSPS) is 12.0. The second kappa shape index (κ2) is 9.52. The molecule has 0 saturated heterocycles. The molecular weight excluding hydrogens is 501 g/mol. The molecule has 0 radical (unpaired) electrons. The van der Waals surface area contributed by atoms with Crippen molar-refractivity contribution < 1.29 is 13.2 Å². The number of carbonyl (C=O) groups excluding carboxylic acids is 1. The number of halogens is 2. The van der Waals surface area contributed by atoms with Crippen molar-refractivity contribution in [2.45, 2.75) is 11.8 Å². The van der Waals surface area contributed by atoms with Gasteiger partial charge in [-0.3, -0.25) is 9.52 Å². The first-order valence-electron chi connectivity index (χ1n) is 9.65. The smallest absolute Gasteiger partial charge is 0.280 e. The molecule has 0 aliphatic carbocycles. The number of sulfonamides is 1. The number of rotatable bonds is 6. The van der Waals surface area contributed by atoms with Crippen molar-refractivity contribution in [3.05, 3.63) is 93.3 Å². The van der Waals surface area contributed by atoms with Crippen LogP contribution >= 0.6 is 34.5 Å². The molecule has 3 aromatic carbocycles. The predicted octanol–water partition coefficient (Wildman–Crippen LogP) is 6.16. The van der Waals surface area contributed by atoms with E-state index in [4.69, 9.17) is 23.2 Å². The molecule has 0 spiro atoms. The zero-order valence-electron chi connectivity index (χ0n) is 17.2. The lowest BCUT2D eigenvalue weighted by atomic mass is 10.1. The molecule has 0 atom stereocenters. The van der Waals surface area contributed by atoms with Gasteiger partial charge < -0.3 is 0 Å². The van der Waals surface area contributed by atoms with E-state index < -0.39 is 15.9 Å². The number of hydrazone groups is 1. The van der Waals surface area contributed by atoms with E-state index in [-0.39, 0.29) is 4.90 Å². The lowest BCUT2D eigenvalue weighted by Crippen LogP contribution is -2.18. The number of hydrogen-bond acceptors (Lipinski definition) is 5. The molecule has 2 N–H and O–H groups in total. The maximum absolute atomic E-state index is 12.7. The number of amides is 1. The maximum atomic E-state index is 12.7. The minimum absolute atomic E-state index is 0.162. The Hall–Kier alpha value is -2.91. The second-order valence-electron chi connectivity index (χ2n) is 7.02. The number of fused-ring (bicyclic) bond motifs is 1. The number of carbonyl (C=O) groups is 1. The lowest BCUT2D eigenvalue weighted by Gasteiger charge is -2.09. The molecule has 0 aliphatic rings. The predicted molar refractivity (Wildman–Crippen MR) is 135 cm³/mol. The van der Waals surface area contributed by atoms with Crippen LogP contribution in [0.15, 0.2) is 82.8 Å². The van der Waals surface area contributed by atoms with Gasteiger partial charge in [-0.25, -0.2) is 13.8 Å². The van der Waals surface area contributed by atoms with Gasteiger partial charge in [-0.2, -0.15) is 5.10 Å². The fourth-order valence-corrected chi connectivity index (χ4v) is 5.81. The van der Waals surface area contributed by atoms with E-state index in [9.17, 15) is 13.2 Å². The van der Waals surface area contributed by atoms with Crippen LogP contribution in [0, 0.1) is 0 Å². The van der Waals surface area contributed by atoms with Crippen LogP contribution in [0.1, 0.15) is 22.2 Å². The fourth-order valence-electron chi connectivity index (χ4n) is 3.06. The molecule has 1 heterocycles. The van der Waals surface area contributed by atoms with E-state index in [1.54, 1.807) is 67.6 Å². The Kier molecular flexibility index (Phi) is 6.71.